The summed E-state index contributed by atoms with van der Waals surface area (Å²) in [6.45, 7) is 5.87. The average Bonchev–Trinajstić information content (AvgIpc) is 3.42. The molecule has 0 radical (unpaired) electrons. The Morgan fingerprint density at radius 3 is 2.84 bits per heavy atom. The first-order valence-electron chi connectivity index (χ1n) is 10.2. The second-order valence-electron chi connectivity index (χ2n) is 8.29. The molecular weight excluding hydrogens is 403 g/mol. The van der Waals surface area contributed by atoms with Crippen LogP contribution in [0.5, 0.6) is 5.88 Å². The summed E-state index contributed by atoms with van der Waals surface area (Å²) in [5, 5.41) is 9.73. The van der Waals surface area contributed by atoms with Gasteiger partial charge in [-0.15, -0.1) is 0 Å². The van der Waals surface area contributed by atoms with Gasteiger partial charge in [-0.05, 0) is 45.7 Å². The Balaban J connectivity index is 1.49. The first kappa shape index (κ1) is 20.8. The minimum Gasteiger partial charge on any atom is -0.474 e. The van der Waals surface area contributed by atoms with E-state index in [1.165, 1.54) is 10.7 Å². The fraction of sp³-hybridized carbons (Fsp3) is 0.429. The van der Waals surface area contributed by atoms with Crippen molar-refractivity contribution in [2.75, 3.05) is 18.4 Å². The van der Waals surface area contributed by atoms with Gasteiger partial charge in [0.05, 0.1) is 18.0 Å². The molecule has 1 aliphatic rings. The quantitative estimate of drug-likeness (QED) is 0.556. The fourth-order valence-corrected chi connectivity index (χ4v) is 2.90. The van der Waals surface area contributed by atoms with Gasteiger partial charge in [-0.25, -0.2) is 23.7 Å². The Morgan fingerprint density at radius 2 is 2.10 bits per heavy atom. The van der Waals surface area contributed by atoms with Gasteiger partial charge >= 0.3 is 6.09 Å². The van der Waals surface area contributed by atoms with E-state index in [0.717, 1.165) is 18.4 Å². The Hall–Kier alpha value is -3.43. The van der Waals surface area contributed by atoms with E-state index in [1.54, 1.807) is 33.2 Å². The predicted octanol–water partition coefficient (Wildman–Crippen LogP) is 3.41. The molecule has 9 nitrogen and oxygen atoms in total. The van der Waals surface area contributed by atoms with Crippen molar-refractivity contribution in [2.24, 2.45) is 0 Å². The number of ether oxygens (including phenoxy) is 2. The zero-order valence-electron chi connectivity index (χ0n) is 17.7. The molecule has 164 valence electrons. The first-order chi connectivity index (χ1) is 14.8. The molecule has 10 heteroatoms. The zero-order chi connectivity index (χ0) is 22.0. The molecule has 1 amide bonds. The summed E-state index contributed by atoms with van der Waals surface area (Å²) in [4.78, 5) is 20.5. The molecular formula is C21H25FN6O3. The van der Waals surface area contributed by atoms with Crippen LogP contribution in [0, 0.1) is 5.82 Å². The Kier molecular flexibility index (Phi) is 5.62. The minimum absolute atomic E-state index is 0.0637. The van der Waals surface area contributed by atoms with Crippen LogP contribution < -0.4 is 15.4 Å². The van der Waals surface area contributed by atoms with Gasteiger partial charge in [-0.1, -0.05) is 0 Å². The van der Waals surface area contributed by atoms with Gasteiger partial charge in [-0.3, -0.25) is 0 Å². The molecule has 0 bridgehead atoms. The second-order valence-corrected chi connectivity index (χ2v) is 8.29. The summed E-state index contributed by atoms with van der Waals surface area (Å²) in [7, 11) is 0. The van der Waals surface area contributed by atoms with Crippen molar-refractivity contribution in [1.82, 2.24) is 24.9 Å². The smallest absolute Gasteiger partial charge is 0.407 e. The van der Waals surface area contributed by atoms with Crippen molar-refractivity contribution in [2.45, 2.75) is 45.3 Å². The van der Waals surface area contributed by atoms with Gasteiger partial charge in [0, 0.05) is 24.8 Å². The van der Waals surface area contributed by atoms with E-state index < -0.39 is 17.5 Å². The third-order valence-electron chi connectivity index (χ3n) is 4.40. The van der Waals surface area contributed by atoms with Gasteiger partial charge in [0.25, 0.3) is 0 Å². The molecule has 3 heterocycles. The summed E-state index contributed by atoms with van der Waals surface area (Å²) in [6.07, 6.45) is 6.23. The van der Waals surface area contributed by atoms with Crippen molar-refractivity contribution >= 4 is 17.6 Å². The van der Waals surface area contributed by atoms with Crippen LogP contribution in [0.1, 0.15) is 33.6 Å². The maximum absolute atomic E-state index is 14.5. The highest BCUT2D eigenvalue weighted by Gasteiger charge is 2.26. The maximum atomic E-state index is 14.5. The van der Waals surface area contributed by atoms with Crippen molar-refractivity contribution in [3.8, 4) is 17.0 Å². The van der Waals surface area contributed by atoms with Crippen LogP contribution in [0.2, 0.25) is 0 Å². The van der Waals surface area contributed by atoms with Gasteiger partial charge < -0.3 is 20.1 Å². The van der Waals surface area contributed by atoms with E-state index in [1.807, 2.05) is 12.1 Å². The molecule has 4 rings (SSSR count). The van der Waals surface area contributed by atoms with E-state index in [2.05, 4.69) is 25.7 Å². The molecule has 1 aliphatic carbocycles. The van der Waals surface area contributed by atoms with Gasteiger partial charge in [0.1, 0.15) is 11.7 Å². The number of hydrogen-bond acceptors (Lipinski definition) is 7. The summed E-state index contributed by atoms with van der Waals surface area (Å²) in [6, 6.07) is 3.69. The Morgan fingerprint density at radius 1 is 1.29 bits per heavy atom. The van der Waals surface area contributed by atoms with Crippen molar-refractivity contribution < 1.29 is 18.7 Å². The molecule has 1 saturated carbocycles. The number of carbonyl (C=O) groups excluding carboxylic acids is 1. The number of hydrogen-bond donors (Lipinski definition) is 2. The normalized spacial score (nSPS) is 13.8. The maximum Gasteiger partial charge on any atom is 0.407 e. The number of fused-ring (bicyclic) bond motifs is 1. The highest BCUT2D eigenvalue weighted by Crippen LogP contribution is 2.34. The lowest BCUT2D eigenvalue weighted by atomic mass is 10.1. The fourth-order valence-electron chi connectivity index (χ4n) is 2.90. The van der Waals surface area contributed by atoms with E-state index in [-0.39, 0.29) is 25.0 Å². The number of halogens is 1. The van der Waals surface area contributed by atoms with Crippen LogP contribution in [-0.4, -0.2) is 50.5 Å². The summed E-state index contributed by atoms with van der Waals surface area (Å²) in [5.41, 5.74) is 1.33. The Bertz CT molecular complexity index is 1090. The van der Waals surface area contributed by atoms with Gasteiger partial charge in [-0.2, -0.15) is 5.10 Å². The lowest BCUT2D eigenvalue weighted by Crippen LogP contribution is -2.35. The van der Waals surface area contributed by atoms with Crippen LogP contribution in [0.3, 0.4) is 0 Å². The van der Waals surface area contributed by atoms with E-state index in [0.29, 0.717) is 17.1 Å². The van der Waals surface area contributed by atoms with Crippen LogP contribution >= 0.6 is 0 Å². The van der Waals surface area contributed by atoms with E-state index in [4.69, 9.17) is 9.47 Å². The SMILES string of the molecule is CC(C)(C)OC(=O)NCCNc1nc2c(-c3cccnc3OC3CC3)cnn2cc1F. The van der Waals surface area contributed by atoms with Gasteiger partial charge in [0.15, 0.2) is 17.3 Å². The molecule has 0 saturated heterocycles. The summed E-state index contributed by atoms with van der Waals surface area (Å²) < 4.78 is 26.9. The first-order valence-corrected chi connectivity index (χ1v) is 10.2. The minimum atomic E-state index is -0.580. The Labute approximate surface area is 179 Å². The molecule has 1 fully saturated rings. The topological polar surface area (TPSA) is 103 Å². The highest BCUT2D eigenvalue weighted by atomic mass is 19.1. The van der Waals surface area contributed by atoms with E-state index in [9.17, 15) is 9.18 Å². The highest BCUT2D eigenvalue weighted by molar-refractivity contribution is 5.80. The number of alkyl carbamates (subject to hydrolysis) is 1. The molecule has 0 aromatic carbocycles. The molecule has 0 aliphatic heterocycles. The molecule has 0 spiro atoms. The molecule has 3 aromatic rings. The molecule has 31 heavy (non-hydrogen) atoms. The van der Waals surface area contributed by atoms with Gasteiger partial charge in [0.2, 0.25) is 5.88 Å². The largest absolute Gasteiger partial charge is 0.474 e. The van der Waals surface area contributed by atoms with E-state index >= 15 is 0 Å². The lowest BCUT2D eigenvalue weighted by Gasteiger charge is -2.19. The predicted molar refractivity (Wildman–Crippen MR) is 113 cm³/mol. The number of anilines is 1. The van der Waals surface area contributed by atoms with Crippen molar-refractivity contribution in [1.29, 1.82) is 0 Å². The third-order valence-corrected chi connectivity index (χ3v) is 4.40. The van der Waals surface area contributed by atoms with Crippen LogP contribution in [0.4, 0.5) is 15.0 Å². The number of carbonyl (C=O) groups is 1. The molecule has 2 N–H and O–H groups in total. The molecule has 0 atom stereocenters. The molecule has 0 unspecified atom stereocenters. The zero-order valence-corrected chi connectivity index (χ0v) is 17.7. The number of aromatic nitrogens is 4. The number of nitrogens with zero attached hydrogens (tertiary/aromatic N) is 4. The van der Waals surface area contributed by atoms with Crippen LogP contribution in [0.15, 0.2) is 30.7 Å². The lowest BCUT2D eigenvalue weighted by molar-refractivity contribution is 0.0530. The standard InChI is InChI=1S/C21H25FN6O3/c1-21(2,3)31-20(29)25-10-9-23-17-16(22)12-28-18(27-17)15(11-26-28)14-5-4-8-24-19(14)30-13-6-7-13/h4-5,8,11-13H,6-7,9-10H2,1-3H3,(H,23,27)(H,25,29). The number of rotatable bonds is 7. The van der Waals surface area contributed by atoms with Crippen LogP contribution in [-0.2, 0) is 4.74 Å². The second kappa shape index (κ2) is 8.37. The number of pyridine rings is 1. The van der Waals surface area contributed by atoms with Crippen molar-refractivity contribution in [3.63, 3.8) is 0 Å². The number of nitrogens with one attached hydrogen (secondary N) is 2. The third kappa shape index (κ3) is 5.19. The van der Waals surface area contributed by atoms with Crippen LogP contribution in [0.25, 0.3) is 16.8 Å². The monoisotopic (exact) mass is 428 g/mol. The average molecular weight is 428 g/mol. The molecule has 3 aromatic heterocycles. The summed E-state index contributed by atoms with van der Waals surface area (Å²) >= 11 is 0. The summed E-state index contributed by atoms with van der Waals surface area (Å²) in [5.74, 6) is 0.0240. The van der Waals surface area contributed by atoms with Crippen molar-refractivity contribution in [3.05, 3.63) is 36.5 Å². The number of amides is 1.